The molecule has 5 atom stereocenters. The number of hydrogen-bond donors (Lipinski definition) is 1. The zero-order chi connectivity index (χ0) is 14.2. The molecule has 1 heterocycles. The summed E-state index contributed by atoms with van der Waals surface area (Å²) in [5, 5.41) is 0. The largest absolute Gasteiger partial charge is 0.476 e. The Balaban J connectivity index is 0.00000147. The highest BCUT2D eigenvalue weighted by atomic mass is 35.5. The Labute approximate surface area is 129 Å². The zero-order valence-corrected chi connectivity index (χ0v) is 14.4. The van der Waals surface area contributed by atoms with Crippen molar-refractivity contribution in [2.75, 3.05) is 0 Å². The van der Waals surface area contributed by atoms with Crippen molar-refractivity contribution in [1.29, 1.82) is 0 Å². The second-order valence-corrected chi connectivity index (χ2v) is 8.27. The summed E-state index contributed by atoms with van der Waals surface area (Å²) in [4.78, 5) is 0. The van der Waals surface area contributed by atoms with E-state index in [0.717, 1.165) is 12.3 Å². The van der Waals surface area contributed by atoms with Crippen LogP contribution in [-0.2, 0) is 9.31 Å². The van der Waals surface area contributed by atoms with Crippen LogP contribution in [0.2, 0.25) is 0 Å². The lowest BCUT2D eigenvalue weighted by Crippen LogP contribution is -2.70. The average Bonchev–Trinajstić information content (AvgIpc) is 2.59. The van der Waals surface area contributed by atoms with Gasteiger partial charge in [0.15, 0.2) is 0 Å². The summed E-state index contributed by atoms with van der Waals surface area (Å²) in [7, 11) is -0.245. The highest BCUT2D eigenvalue weighted by Gasteiger charge is 2.73. The van der Waals surface area contributed by atoms with Crippen molar-refractivity contribution < 1.29 is 9.31 Å². The SMILES string of the molecule is CC(C)[C@H](N)B1O[C@]2(C)C[C@@H]3C[C@@H](C3(C)C)[C@]2(C)O1.Cl. The number of halogens is 1. The van der Waals surface area contributed by atoms with Gasteiger partial charge in [0.05, 0.1) is 11.2 Å². The predicted molar refractivity (Wildman–Crippen MR) is 84.8 cm³/mol. The number of rotatable bonds is 2. The summed E-state index contributed by atoms with van der Waals surface area (Å²) in [6.07, 6.45) is 2.39. The van der Waals surface area contributed by atoms with E-state index in [1.165, 1.54) is 6.42 Å². The molecular formula is C15H29BClNO2. The molecular weight excluding hydrogens is 272 g/mol. The molecule has 3 nitrogen and oxygen atoms in total. The van der Waals surface area contributed by atoms with Gasteiger partial charge in [0, 0.05) is 5.94 Å². The first-order valence-corrected chi connectivity index (χ1v) is 7.73. The Morgan fingerprint density at radius 2 is 1.75 bits per heavy atom. The maximum Gasteiger partial charge on any atom is 0.476 e. The summed E-state index contributed by atoms with van der Waals surface area (Å²) in [6, 6.07) is 0. The van der Waals surface area contributed by atoms with Crippen molar-refractivity contribution in [3.05, 3.63) is 0 Å². The van der Waals surface area contributed by atoms with Gasteiger partial charge in [0.25, 0.3) is 0 Å². The second kappa shape index (κ2) is 4.61. The molecule has 0 aromatic carbocycles. The van der Waals surface area contributed by atoms with E-state index in [1.807, 2.05) is 0 Å². The van der Waals surface area contributed by atoms with E-state index in [4.69, 9.17) is 15.0 Å². The van der Waals surface area contributed by atoms with E-state index in [-0.39, 0.29) is 36.7 Å². The van der Waals surface area contributed by atoms with E-state index in [0.29, 0.717) is 17.3 Å². The summed E-state index contributed by atoms with van der Waals surface area (Å²) in [5.74, 6) is 1.70. The fourth-order valence-electron chi connectivity index (χ4n) is 4.70. The van der Waals surface area contributed by atoms with Gasteiger partial charge in [-0.15, -0.1) is 12.4 Å². The molecule has 4 rings (SSSR count). The van der Waals surface area contributed by atoms with Gasteiger partial charge < -0.3 is 15.0 Å². The quantitative estimate of drug-likeness (QED) is 0.797. The molecule has 0 aromatic heterocycles. The molecule has 0 aromatic rings. The predicted octanol–water partition coefficient (Wildman–Crippen LogP) is 3.05. The zero-order valence-electron chi connectivity index (χ0n) is 13.6. The summed E-state index contributed by atoms with van der Waals surface area (Å²) in [6.45, 7) is 13.5. The van der Waals surface area contributed by atoms with Gasteiger partial charge in [-0.3, -0.25) is 0 Å². The smallest absolute Gasteiger partial charge is 0.402 e. The van der Waals surface area contributed by atoms with Crippen molar-refractivity contribution in [3.63, 3.8) is 0 Å². The van der Waals surface area contributed by atoms with Crippen LogP contribution in [0.3, 0.4) is 0 Å². The number of hydrogen-bond acceptors (Lipinski definition) is 3. The lowest BCUT2D eigenvalue weighted by molar-refractivity contribution is -0.235. The van der Waals surface area contributed by atoms with Gasteiger partial charge in [-0.25, -0.2) is 0 Å². The van der Waals surface area contributed by atoms with Crippen LogP contribution >= 0.6 is 12.4 Å². The molecule has 0 amide bonds. The third-order valence-corrected chi connectivity index (χ3v) is 6.64. The van der Waals surface area contributed by atoms with Crippen LogP contribution in [0.1, 0.15) is 54.4 Å². The normalized spacial score (nSPS) is 46.5. The molecule has 1 saturated heterocycles. The molecule has 0 unspecified atom stereocenters. The maximum atomic E-state index is 6.42. The van der Waals surface area contributed by atoms with E-state index in [1.54, 1.807) is 0 Å². The van der Waals surface area contributed by atoms with Gasteiger partial charge in [0.2, 0.25) is 0 Å². The Bertz CT molecular complexity index is 405. The van der Waals surface area contributed by atoms with E-state index >= 15 is 0 Å². The number of nitrogens with two attached hydrogens (primary N) is 1. The minimum Gasteiger partial charge on any atom is -0.402 e. The van der Waals surface area contributed by atoms with Crippen LogP contribution in [0.25, 0.3) is 0 Å². The van der Waals surface area contributed by atoms with Crippen LogP contribution in [0.15, 0.2) is 0 Å². The second-order valence-electron chi connectivity index (χ2n) is 8.27. The van der Waals surface area contributed by atoms with Crippen molar-refractivity contribution in [2.24, 2.45) is 28.9 Å². The summed E-state index contributed by atoms with van der Waals surface area (Å²) in [5.41, 5.74) is 6.32. The molecule has 5 heteroatoms. The van der Waals surface area contributed by atoms with Crippen LogP contribution in [0.5, 0.6) is 0 Å². The Hall–Kier alpha value is 0.235. The van der Waals surface area contributed by atoms with E-state index in [2.05, 4.69) is 41.5 Å². The third-order valence-electron chi connectivity index (χ3n) is 6.64. The van der Waals surface area contributed by atoms with E-state index < -0.39 is 0 Å². The van der Waals surface area contributed by atoms with Crippen molar-refractivity contribution in [3.8, 4) is 0 Å². The summed E-state index contributed by atoms with van der Waals surface area (Å²) >= 11 is 0. The molecule has 116 valence electrons. The highest BCUT2D eigenvalue weighted by molar-refractivity contribution is 6.47. The van der Waals surface area contributed by atoms with Crippen LogP contribution < -0.4 is 5.73 Å². The van der Waals surface area contributed by atoms with Gasteiger partial charge in [-0.2, -0.15) is 0 Å². The summed E-state index contributed by atoms with van der Waals surface area (Å²) < 4.78 is 12.7. The van der Waals surface area contributed by atoms with Gasteiger partial charge in [-0.1, -0.05) is 27.7 Å². The maximum absolute atomic E-state index is 6.42. The van der Waals surface area contributed by atoms with Crippen molar-refractivity contribution in [1.82, 2.24) is 0 Å². The van der Waals surface area contributed by atoms with Gasteiger partial charge >= 0.3 is 7.12 Å². The minimum atomic E-state index is -0.245. The Kier molecular flexibility index (Phi) is 3.83. The molecule has 20 heavy (non-hydrogen) atoms. The molecule has 4 fully saturated rings. The Morgan fingerprint density at radius 1 is 1.15 bits per heavy atom. The fraction of sp³-hybridized carbons (Fsp3) is 1.00. The monoisotopic (exact) mass is 301 g/mol. The van der Waals surface area contributed by atoms with Gasteiger partial charge in [0.1, 0.15) is 0 Å². The fourth-order valence-corrected chi connectivity index (χ4v) is 4.70. The Morgan fingerprint density at radius 3 is 2.25 bits per heavy atom. The first-order chi connectivity index (χ1) is 8.62. The molecule has 1 aliphatic heterocycles. The van der Waals surface area contributed by atoms with Gasteiger partial charge in [-0.05, 0) is 49.9 Å². The molecule has 0 spiro atoms. The molecule has 4 aliphatic rings. The molecule has 2 N–H and O–H groups in total. The third kappa shape index (κ3) is 1.84. The first-order valence-electron chi connectivity index (χ1n) is 7.73. The molecule has 3 saturated carbocycles. The topological polar surface area (TPSA) is 44.5 Å². The molecule has 2 bridgehead atoms. The van der Waals surface area contributed by atoms with E-state index in [9.17, 15) is 0 Å². The molecule has 3 aliphatic carbocycles. The molecule has 0 radical (unpaired) electrons. The first kappa shape index (κ1) is 16.6. The standard InChI is InChI=1S/C15H28BNO2.ClH/c1-9(2)12(17)16-18-14(5)8-10-7-11(13(10,3)4)15(14,6)19-16;/h9-12H,7-8,17H2,1-6H3;1H/t10-,11-,12-,14+,15-;/m0./s1. The van der Waals surface area contributed by atoms with Crippen molar-refractivity contribution in [2.45, 2.75) is 71.5 Å². The lowest BCUT2D eigenvalue weighted by Gasteiger charge is -2.67. The van der Waals surface area contributed by atoms with Crippen LogP contribution in [-0.4, -0.2) is 24.3 Å². The van der Waals surface area contributed by atoms with Crippen molar-refractivity contribution >= 4 is 19.5 Å². The lowest BCUT2D eigenvalue weighted by atomic mass is 9.41. The van der Waals surface area contributed by atoms with Crippen LogP contribution in [0.4, 0.5) is 0 Å². The highest BCUT2D eigenvalue weighted by Crippen LogP contribution is 2.69. The van der Waals surface area contributed by atoms with Crippen LogP contribution in [0, 0.1) is 23.2 Å². The average molecular weight is 302 g/mol. The minimum absolute atomic E-state index is 0.